The summed E-state index contributed by atoms with van der Waals surface area (Å²) in [6, 6.07) is 9.58. The molecule has 0 unspecified atom stereocenters. The first-order valence-corrected chi connectivity index (χ1v) is 6.86. The van der Waals surface area contributed by atoms with Crippen LogP contribution in [-0.4, -0.2) is 20.0 Å². The van der Waals surface area contributed by atoms with E-state index in [1.807, 2.05) is 29.2 Å². The zero-order valence-corrected chi connectivity index (χ0v) is 11.6. The lowest BCUT2D eigenvalue weighted by Gasteiger charge is -2.24. The van der Waals surface area contributed by atoms with Gasteiger partial charge < -0.3 is 0 Å². The maximum atomic E-state index is 8.67. The molecule has 0 bridgehead atoms. The van der Waals surface area contributed by atoms with E-state index >= 15 is 0 Å². The number of nitriles is 1. The maximum Gasteiger partial charge on any atom is 0.146 e. The van der Waals surface area contributed by atoms with Gasteiger partial charge in [-0.1, -0.05) is 24.0 Å². The summed E-state index contributed by atoms with van der Waals surface area (Å²) in [5, 5.41) is 8.67. The molecule has 0 spiro atoms. The highest BCUT2D eigenvalue weighted by Gasteiger charge is 2.14. The minimum Gasteiger partial charge on any atom is -0.296 e. The highest BCUT2D eigenvalue weighted by atomic mass is 32.2. The van der Waals surface area contributed by atoms with E-state index in [0.717, 1.165) is 11.4 Å². The zero-order chi connectivity index (χ0) is 13.5. The van der Waals surface area contributed by atoms with Gasteiger partial charge in [-0.15, -0.1) is 0 Å². The van der Waals surface area contributed by atoms with Crippen molar-refractivity contribution < 1.29 is 0 Å². The average Bonchev–Trinajstić information content (AvgIpc) is 2.47. The molecule has 0 N–H and O–H groups in total. The highest BCUT2D eigenvalue weighted by Crippen LogP contribution is 2.28. The van der Waals surface area contributed by atoms with Gasteiger partial charge in [-0.25, -0.2) is 0 Å². The first-order valence-electron chi connectivity index (χ1n) is 5.47. The number of aromatic nitrogens is 2. The van der Waals surface area contributed by atoms with Crippen molar-refractivity contribution in [2.75, 3.05) is 10.7 Å². The predicted octanol–water partition coefficient (Wildman–Crippen LogP) is 3.16. The second-order valence-corrected chi connectivity index (χ2v) is 5.07. The number of thiocarbonyl (C=S) groups is 1. The van der Waals surface area contributed by atoms with Gasteiger partial charge in [-0.3, -0.25) is 14.9 Å². The van der Waals surface area contributed by atoms with Gasteiger partial charge in [0.2, 0.25) is 0 Å². The maximum absolute atomic E-state index is 8.67. The number of hydrogen-bond acceptors (Lipinski definition) is 5. The van der Waals surface area contributed by atoms with Crippen molar-refractivity contribution in [3.8, 4) is 6.07 Å². The minimum absolute atomic E-state index is 0.325. The summed E-state index contributed by atoms with van der Waals surface area (Å²) in [4.78, 5) is 9.91. The molecule has 0 atom stereocenters. The molecule has 0 amide bonds. The molecule has 0 saturated heterocycles. The van der Waals surface area contributed by atoms with Crippen LogP contribution in [-0.2, 0) is 0 Å². The van der Waals surface area contributed by atoms with Crippen LogP contribution in [0.15, 0.2) is 49.1 Å². The summed E-state index contributed by atoms with van der Waals surface area (Å²) in [6.07, 6.45) is 6.84. The lowest BCUT2D eigenvalue weighted by atomic mass is 10.3. The second kappa shape index (κ2) is 6.83. The van der Waals surface area contributed by atoms with E-state index in [4.69, 9.17) is 17.5 Å². The summed E-state index contributed by atoms with van der Waals surface area (Å²) in [5.74, 6) is 0.325. The zero-order valence-electron chi connectivity index (χ0n) is 9.93. The Morgan fingerprint density at radius 1 is 1.11 bits per heavy atom. The molecule has 2 heterocycles. The van der Waals surface area contributed by atoms with Gasteiger partial charge in [-0.05, 0) is 24.3 Å². The summed E-state index contributed by atoms with van der Waals surface area (Å²) in [7, 11) is 0. The highest BCUT2D eigenvalue weighted by molar-refractivity contribution is 8.23. The van der Waals surface area contributed by atoms with Crippen molar-refractivity contribution in [1.82, 2.24) is 9.97 Å². The topological polar surface area (TPSA) is 52.8 Å². The Hall–Kier alpha value is -1.97. The smallest absolute Gasteiger partial charge is 0.146 e. The molecule has 0 radical (unpaired) electrons. The number of rotatable bonds is 3. The molecule has 6 heteroatoms. The Morgan fingerprint density at radius 2 is 1.58 bits per heavy atom. The number of anilines is 2. The summed E-state index contributed by atoms with van der Waals surface area (Å²) in [6.45, 7) is 0. The Balaban J connectivity index is 2.35. The van der Waals surface area contributed by atoms with Crippen LogP contribution < -0.4 is 4.90 Å². The Morgan fingerprint density at radius 3 is 2.00 bits per heavy atom. The molecule has 0 aliphatic rings. The van der Waals surface area contributed by atoms with Gasteiger partial charge in [0.1, 0.15) is 4.32 Å². The van der Waals surface area contributed by atoms with Crippen LogP contribution in [0.2, 0.25) is 0 Å². The van der Waals surface area contributed by atoms with E-state index in [1.54, 1.807) is 24.8 Å². The van der Waals surface area contributed by atoms with Gasteiger partial charge in [0.25, 0.3) is 0 Å². The first kappa shape index (κ1) is 13.5. The first-order chi connectivity index (χ1) is 9.33. The van der Waals surface area contributed by atoms with Crippen molar-refractivity contribution in [2.45, 2.75) is 0 Å². The third kappa shape index (κ3) is 3.50. The van der Waals surface area contributed by atoms with E-state index < -0.39 is 0 Å². The summed E-state index contributed by atoms with van der Waals surface area (Å²) in [5.41, 5.74) is 1.83. The number of thioether (sulfide) groups is 1. The monoisotopic (exact) mass is 286 g/mol. The van der Waals surface area contributed by atoms with E-state index in [2.05, 4.69) is 16.0 Å². The number of pyridine rings is 2. The average molecular weight is 286 g/mol. The molecule has 0 fully saturated rings. The van der Waals surface area contributed by atoms with Gasteiger partial charge >= 0.3 is 0 Å². The van der Waals surface area contributed by atoms with Crippen molar-refractivity contribution >= 4 is 39.7 Å². The van der Waals surface area contributed by atoms with Crippen LogP contribution in [0, 0.1) is 11.3 Å². The second-order valence-electron chi connectivity index (χ2n) is 3.46. The van der Waals surface area contributed by atoms with Crippen molar-refractivity contribution in [1.29, 1.82) is 5.26 Å². The fraction of sp³-hybridized carbons (Fsp3) is 0.0769. The molecule has 0 saturated carbocycles. The molecule has 2 aromatic heterocycles. The lowest BCUT2D eigenvalue weighted by molar-refractivity contribution is 1.26. The summed E-state index contributed by atoms with van der Waals surface area (Å²) < 4.78 is 0.624. The van der Waals surface area contributed by atoms with E-state index in [9.17, 15) is 0 Å². The van der Waals surface area contributed by atoms with Crippen molar-refractivity contribution in [3.63, 3.8) is 0 Å². The van der Waals surface area contributed by atoms with Crippen molar-refractivity contribution in [2.24, 2.45) is 0 Å². The van der Waals surface area contributed by atoms with E-state index in [-0.39, 0.29) is 0 Å². The molecule has 0 aliphatic heterocycles. The van der Waals surface area contributed by atoms with Gasteiger partial charge in [0, 0.05) is 24.8 Å². The molecular weight excluding hydrogens is 276 g/mol. The van der Waals surface area contributed by atoms with Crippen LogP contribution in [0.5, 0.6) is 0 Å². The van der Waals surface area contributed by atoms with Crippen LogP contribution in [0.3, 0.4) is 0 Å². The molecule has 2 aromatic rings. The minimum atomic E-state index is 0.325. The fourth-order valence-electron chi connectivity index (χ4n) is 1.50. The van der Waals surface area contributed by atoms with Gasteiger partial charge in [0.05, 0.1) is 23.2 Å². The van der Waals surface area contributed by atoms with E-state index in [1.165, 1.54) is 11.8 Å². The largest absolute Gasteiger partial charge is 0.296 e. The Bertz CT molecular complexity index is 541. The molecule has 2 rings (SSSR count). The number of hydrogen-bond donors (Lipinski definition) is 0. The van der Waals surface area contributed by atoms with Crippen LogP contribution >= 0.6 is 24.0 Å². The van der Waals surface area contributed by atoms with E-state index in [0.29, 0.717) is 10.1 Å². The van der Waals surface area contributed by atoms with Crippen LogP contribution in [0.4, 0.5) is 11.4 Å². The normalized spacial score (nSPS) is 9.63. The third-order valence-electron chi connectivity index (χ3n) is 2.28. The summed E-state index contributed by atoms with van der Waals surface area (Å²) >= 11 is 6.73. The Kier molecular flexibility index (Phi) is 4.84. The van der Waals surface area contributed by atoms with Crippen LogP contribution in [0.25, 0.3) is 0 Å². The van der Waals surface area contributed by atoms with Crippen LogP contribution in [0.1, 0.15) is 0 Å². The lowest BCUT2D eigenvalue weighted by Crippen LogP contribution is -2.21. The molecule has 0 aliphatic carbocycles. The Labute approximate surface area is 121 Å². The standard InChI is InChI=1S/C13H10N4S2/c14-5-10-19-13(18)17(11-1-6-15-7-2-11)12-3-8-16-9-4-12/h1-4,6-9H,10H2. The molecular formula is C13H10N4S2. The van der Waals surface area contributed by atoms with Gasteiger partial charge in [-0.2, -0.15) is 5.26 Å². The molecule has 19 heavy (non-hydrogen) atoms. The third-order valence-corrected chi connectivity index (χ3v) is 3.52. The fourth-order valence-corrected chi connectivity index (χ4v) is 2.42. The quantitative estimate of drug-likeness (QED) is 0.808. The van der Waals surface area contributed by atoms with Gasteiger partial charge in [0.15, 0.2) is 0 Å². The molecule has 94 valence electrons. The number of nitrogens with zero attached hydrogens (tertiary/aromatic N) is 4. The molecule has 0 aromatic carbocycles. The van der Waals surface area contributed by atoms with Crippen molar-refractivity contribution in [3.05, 3.63) is 49.1 Å². The molecule has 4 nitrogen and oxygen atoms in total. The predicted molar refractivity (Wildman–Crippen MR) is 81.3 cm³/mol. The SMILES string of the molecule is N#CCSC(=S)N(c1ccncc1)c1ccncc1.